The molecule has 0 aromatic carbocycles. The molecule has 0 aromatic rings. The zero-order valence-electron chi connectivity index (χ0n) is 8.43. The van der Waals surface area contributed by atoms with Crippen molar-refractivity contribution in [2.24, 2.45) is 0 Å². The summed E-state index contributed by atoms with van der Waals surface area (Å²) in [4.78, 5) is 12.8. The molecule has 0 saturated carbocycles. The number of hydrogen-bond donors (Lipinski definition) is 0. The number of hydrogen-bond acceptors (Lipinski definition) is 2. The number of rotatable bonds is 2. The van der Waals surface area contributed by atoms with Crippen LogP contribution < -0.4 is 0 Å². The number of halogens is 2. The summed E-state index contributed by atoms with van der Waals surface area (Å²) in [5.41, 5.74) is -2.42. The van der Waals surface area contributed by atoms with Crippen molar-refractivity contribution in [2.45, 2.75) is 25.7 Å². The summed E-state index contributed by atoms with van der Waals surface area (Å²) in [6, 6.07) is 0. The average molecular weight is 207 g/mol. The first-order chi connectivity index (χ1) is 6.46. The fourth-order valence-corrected chi connectivity index (χ4v) is 1.25. The molecule has 0 spiro atoms. The number of nitrogens with zero attached hydrogens (tertiary/aromatic N) is 1. The van der Waals surface area contributed by atoms with Crippen LogP contribution in [0.25, 0.3) is 0 Å². The minimum absolute atomic E-state index is 0.338. The lowest BCUT2D eigenvalue weighted by Gasteiger charge is -2.32. The van der Waals surface area contributed by atoms with Gasteiger partial charge in [0, 0.05) is 13.1 Å². The molecular formula is C9H15F2NO2. The summed E-state index contributed by atoms with van der Waals surface area (Å²) in [5, 5.41) is 0. The highest BCUT2D eigenvalue weighted by Gasteiger charge is 2.42. The number of carbonyl (C=O) groups excluding carboxylic acids is 1. The minimum atomic E-state index is -2.42. The van der Waals surface area contributed by atoms with Crippen LogP contribution in [-0.4, -0.2) is 49.0 Å². The largest absolute Gasteiger partial charge is 0.378 e. The highest BCUT2D eigenvalue weighted by atomic mass is 19.2. The van der Waals surface area contributed by atoms with Gasteiger partial charge in [0.15, 0.2) is 0 Å². The molecule has 0 N–H and O–H groups in total. The van der Waals surface area contributed by atoms with Gasteiger partial charge in [0.25, 0.3) is 5.91 Å². The van der Waals surface area contributed by atoms with Gasteiger partial charge >= 0.3 is 0 Å². The van der Waals surface area contributed by atoms with Crippen LogP contribution in [-0.2, 0) is 9.53 Å². The fraction of sp³-hybridized carbons (Fsp3) is 0.889. The van der Waals surface area contributed by atoms with Crippen molar-refractivity contribution >= 4 is 5.91 Å². The van der Waals surface area contributed by atoms with Crippen LogP contribution in [0.2, 0.25) is 0 Å². The highest BCUT2D eigenvalue weighted by Crippen LogP contribution is 2.22. The maximum Gasteiger partial charge on any atom is 0.263 e. The Bertz CT molecular complexity index is 213. The van der Waals surface area contributed by atoms with E-state index in [9.17, 15) is 13.6 Å². The van der Waals surface area contributed by atoms with Crippen molar-refractivity contribution < 1.29 is 18.3 Å². The molecule has 2 atom stereocenters. The molecule has 5 heteroatoms. The van der Waals surface area contributed by atoms with Gasteiger partial charge < -0.3 is 9.64 Å². The molecule has 1 rings (SSSR count). The lowest BCUT2D eigenvalue weighted by molar-refractivity contribution is -0.150. The van der Waals surface area contributed by atoms with Gasteiger partial charge in [0.05, 0.1) is 13.2 Å². The Balaban J connectivity index is 2.63. The van der Waals surface area contributed by atoms with E-state index in [-0.39, 0.29) is 0 Å². The Morgan fingerprint density at radius 2 is 2.00 bits per heavy atom. The third-order valence-electron chi connectivity index (χ3n) is 2.46. The zero-order chi connectivity index (χ0) is 10.8. The van der Waals surface area contributed by atoms with Crippen LogP contribution in [0.3, 0.4) is 0 Å². The van der Waals surface area contributed by atoms with E-state index in [2.05, 4.69) is 0 Å². The van der Waals surface area contributed by atoms with E-state index in [0.29, 0.717) is 26.3 Å². The van der Waals surface area contributed by atoms with Crippen molar-refractivity contribution in [1.82, 2.24) is 4.90 Å². The summed E-state index contributed by atoms with van der Waals surface area (Å²) in [6.45, 7) is 3.49. The standard InChI is InChI=1S/C9H15F2NO2/c1-7(10)9(2,11)8(13)12-3-5-14-6-4-12/h7H,3-6H2,1-2H3. The average Bonchev–Trinajstić information content (AvgIpc) is 2.17. The molecule has 1 heterocycles. The van der Waals surface area contributed by atoms with E-state index >= 15 is 0 Å². The number of ether oxygens (including phenoxy) is 1. The lowest BCUT2D eigenvalue weighted by Crippen LogP contribution is -2.52. The van der Waals surface area contributed by atoms with Crippen molar-refractivity contribution in [1.29, 1.82) is 0 Å². The monoisotopic (exact) mass is 207 g/mol. The maximum absolute atomic E-state index is 13.6. The predicted molar refractivity (Wildman–Crippen MR) is 47.5 cm³/mol. The Labute approximate surface area is 82.0 Å². The molecule has 3 nitrogen and oxygen atoms in total. The SMILES string of the molecule is CC(F)C(C)(F)C(=O)N1CCOCC1. The van der Waals surface area contributed by atoms with Gasteiger partial charge in [0.1, 0.15) is 6.17 Å². The minimum Gasteiger partial charge on any atom is -0.378 e. The van der Waals surface area contributed by atoms with Crippen LogP contribution in [0.1, 0.15) is 13.8 Å². The second-order valence-corrected chi connectivity index (χ2v) is 3.60. The summed E-state index contributed by atoms with van der Waals surface area (Å²) >= 11 is 0. The first-order valence-corrected chi connectivity index (χ1v) is 4.66. The number of morpholine rings is 1. The normalized spacial score (nSPS) is 24.1. The van der Waals surface area contributed by atoms with Gasteiger partial charge in [-0.05, 0) is 13.8 Å². The second-order valence-electron chi connectivity index (χ2n) is 3.60. The van der Waals surface area contributed by atoms with Crippen molar-refractivity contribution in [3.63, 3.8) is 0 Å². The molecular weight excluding hydrogens is 192 g/mol. The maximum atomic E-state index is 13.6. The molecule has 0 bridgehead atoms. The van der Waals surface area contributed by atoms with Crippen LogP contribution in [0.5, 0.6) is 0 Å². The summed E-state index contributed by atoms with van der Waals surface area (Å²) in [5.74, 6) is -0.782. The van der Waals surface area contributed by atoms with Gasteiger partial charge in [-0.15, -0.1) is 0 Å². The first kappa shape index (κ1) is 11.4. The summed E-state index contributed by atoms with van der Waals surface area (Å²) < 4.78 is 31.4. The number of carbonyl (C=O) groups is 1. The molecule has 1 saturated heterocycles. The number of amides is 1. The summed E-state index contributed by atoms with van der Waals surface area (Å²) in [7, 11) is 0. The van der Waals surface area contributed by atoms with E-state index in [4.69, 9.17) is 4.74 Å². The molecule has 0 aromatic heterocycles. The van der Waals surface area contributed by atoms with Gasteiger partial charge in [-0.2, -0.15) is 0 Å². The van der Waals surface area contributed by atoms with Crippen LogP contribution >= 0.6 is 0 Å². The second kappa shape index (κ2) is 4.21. The highest BCUT2D eigenvalue weighted by molar-refractivity contribution is 5.85. The quantitative estimate of drug-likeness (QED) is 0.674. The first-order valence-electron chi connectivity index (χ1n) is 4.66. The molecule has 0 radical (unpaired) electrons. The third-order valence-corrected chi connectivity index (χ3v) is 2.46. The van der Waals surface area contributed by atoms with Crippen LogP contribution in [0.4, 0.5) is 8.78 Å². The number of alkyl halides is 2. The van der Waals surface area contributed by atoms with Crippen LogP contribution in [0.15, 0.2) is 0 Å². The van der Waals surface area contributed by atoms with Gasteiger partial charge in [-0.1, -0.05) is 0 Å². The summed E-state index contributed by atoms with van der Waals surface area (Å²) in [6.07, 6.45) is -1.79. The van der Waals surface area contributed by atoms with Crippen molar-refractivity contribution in [3.05, 3.63) is 0 Å². The van der Waals surface area contributed by atoms with Crippen molar-refractivity contribution in [2.75, 3.05) is 26.3 Å². The van der Waals surface area contributed by atoms with E-state index in [1.54, 1.807) is 0 Å². The topological polar surface area (TPSA) is 29.5 Å². The molecule has 1 fully saturated rings. The van der Waals surface area contributed by atoms with Crippen LogP contribution in [0, 0.1) is 0 Å². The van der Waals surface area contributed by atoms with E-state index < -0.39 is 17.7 Å². The zero-order valence-corrected chi connectivity index (χ0v) is 8.43. The molecule has 0 aliphatic carbocycles. The Hall–Kier alpha value is -0.710. The smallest absolute Gasteiger partial charge is 0.263 e. The van der Waals surface area contributed by atoms with Crippen molar-refractivity contribution in [3.8, 4) is 0 Å². The van der Waals surface area contributed by atoms with E-state index in [0.717, 1.165) is 13.8 Å². The molecule has 82 valence electrons. The molecule has 2 unspecified atom stereocenters. The molecule has 1 amide bonds. The predicted octanol–water partition coefficient (Wildman–Crippen LogP) is 0.931. The fourth-order valence-electron chi connectivity index (χ4n) is 1.25. The Kier molecular flexibility index (Phi) is 3.42. The molecule has 14 heavy (non-hydrogen) atoms. The van der Waals surface area contributed by atoms with E-state index in [1.165, 1.54) is 4.90 Å². The Morgan fingerprint density at radius 3 is 2.43 bits per heavy atom. The van der Waals surface area contributed by atoms with Gasteiger partial charge in [-0.25, -0.2) is 8.78 Å². The third kappa shape index (κ3) is 2.20. The van der Waals surface area contributed by atoms with Gasteiger partial charge in [0.2, 0.25) is 5.67 Å². The molecule has 1 aliphatic heterocycles. The van der Waals surface area contributed by atoms with Gasteiger partial charge in [-0.3, -0.25) is 4.79 Å². The lowest BCUT2D eigenvalue weighted by atomic mass is 10.0. The van der Waals surface area contributed by atoms with E-state index in [1.807, 2.05) is 0 Å². The Morgan fingerprint density at radius 1 is 1.50 bits per heavy atom. The molecule has 1 aliphatic rings.